The minimum atomic E-state index is 0.938. The fourth-order valence-electron chi connectivity index (χ4n) is 3.38. The molecule has 0 unspecified atom stereocenters. The van der Waals surface area contributed by atoms with Crippen LogP contribution in [0.2, 0.25) is 0 Å². The summed E-state index contributed by atoms with van der Waals surface area (Å²) in [7, 11) is 0. The highest BCUT2D eigenvalue weighted by Crippen LogP contribution is 2.26. The third-order valence-corrected chi connectivity index (χ3v) is 4.76. The van der Waals surface area contributed by atoms with Gasteiger partial charge in [0.05, 0.1) is 0 Å². The van der Waals surface area contributed by atoms with Crippen LogP contribution in [0.5, 0.6) is 0 Å². The molecule has 1 heteroatoms. The van der Waals surface area contributed by atoms with E-state index in [2.05, 4.69) is 84.7 Å². The molecule has 0 saturated heterocycles. The Morgan fingerprint density at radius 2 is 1.12 bits per heavy atom. The van der Waals surface area contributed by atoms with Crippen LogP contribution in [0.3, 0.4) is 0 Å². The quantitative estimate of drug-likeness (QED) is 0.468. The number of aryl methyl sites for hydroxylation is 1. The Bertz CT molecular complexity index is 985. The molecule has 0 aliphatic carbocycles. The van der Waals surface area contributed by atoms with Crippen molar-refractivity contribution in [1.29, 1.82) is 0 Å². The molecule has 0 N–H and O–H groups in total. The summed E-state index contributed by atoms with van der Waals surface area (Å²) in [5.74, 6) is 0. The fraction of sp³-hybridized carbons (Fsp3) is 0.125. The monoisotopic (exact) mass is 323 g/mol. The Labute approximate surface area is 149 Å². The SMILES string of the molecule is Cc1ccc(Cc2ccc(Cc3ccncc3)c3ccccc23)cc1. The van der Waals surface area contributed by atoms with Gasteiger partial charge in [0.2, 0.25) is 0 Å². The Hall–Kier alpha value is -2.93. The Balaban J connectivity index is 1.72. The fourth-order valence-corrected chi connectivity index (χ4v) is 3.38. The van der Waals surface area contributed by atoms with Crippen molar-refractivity contribution >= 4 is 10.8 Å². The van der Waals surface area contributed by atoms with Crippen LogP contribution >= 0.6 is 0 Å². The van der Waals surface area contributed by atoms with Crippen LogP contribution in [0.4, 0.5) is 0 Å². The van der Waals surface area contributed by atoms with Crippen molar-refractivity contribution in [2.45, 2.75) is 19.8 Å². The van der Waals surface area contributed by atoms with E-state index >= 15 is 0 Å². The molecular formula is C24H21N. The summed E-state index contributed by atoms with van der Waals surface area (Å²) >= 11 is 0. The van der Waals surface area contributed by atoms with Crippen molar-refractivity contribution in [2.75, 3.05) is 0 Å². The largest absolute Gasteiger partial charge is 0.265 e. The van der Waals surface area contributed by atoms with Gasteiger partial charge in [0.1, 0.15) is 0 Å². The molecule has 0 radical (unpaired) electrons. The average Bonchev–Trinajstić information content (AvgIpc) is 2.66. The van der Waals surface area contributed by atoms with E-state index in [1.165, 1.54) is 38.6 Å². The second-order valence-electron chi connectivity index (χ2n) is 6.62. The topological polar surface area (TPSA) is 12.9 Å². The molecule has 1 aromatic heterocycles. The molecule has 1 heterocycles. The second-order valence-corrected chi connectivity index (χ2v) is 6.62. The summed E-state index contributed by atoms with van der Waals surface area (Å²) in [5.41, 5.74) is 6.72. The van der Waals surface area contributed by atoms with E-state index in [9.17, 15) is 0 Å². The van der Waals surface area contributed by atoms with Crippen molar-refractivity contribution in [3.05, 3.63) is 113 Å². The number of aromatic nitrogens is 1. The molecule has 0 aliphatic rings. The van der Waals surface area contributed by atoms with Gasteiger partial charge in [-0.2, -0.15) is 0 Å². The van der Waals surface area contributed by atoms with Gasteiger partial charge < -0.3 is 0 Å². The minimum absolute atomic E-state index is 0.938. The Morgan fingerprint density at radius 1 is 0.600 bits per heavy atom. The lowest BCUT2D eigenvalue weighted by Gasteiger charge is -2.12. The van der Waals surface area contributed by atoms with E-state index in [1.54, 1.807) is 0 Å². The van der Waals surface area contributed by atoms with Crippen LogP contribution in [-0.4, -0.2) is 4.98 Å². The highest BCUT2D eigenvalue weighted by atomic mass is 14.6. The predicted molar refractivity (Wildman–Crippen MR) is 105 cm³/mol. The van der Waals surface area contributed by atoms with Crippen LogP contribution < -0.4 is 0 Å². The number of hydrogen-bond acceptors (Lipinski definition) is 1. The molecule has 4 aromatic rings. The van der Waals surface area contributed by atoms with E-state index in [-0.39, 0.29) is 0 Å². The first-order chi connectivity index (χ1) is 12.3. The molecule has 0 amide bonds. The first-order valence-electron chi connectivity index (χ1n) is 8.73. The van der Waals surface area contributed by atoms with Crippen molar-refractivity contribution in [3.8, 4) is 0 Å². The lowest BCUT2D eigenvalue weighted by atomic mass is 9.93. The maximum Gasteiger partial charge on any atom is 0.0270 e. The van der Waals surface area contributed by atoms with Crippen LogP contribution in [0.15, 0.2) is 85.2 Å². The first kappa shape index (κ1) is 15.6. The standard InChI is InChI=1S/C24H21N/c1-18-6-8-19(9-7-18)16-21-10-11-22(17-20-12-14-25-15-13-20)24-5-3-2-4-23(21)24/h2-15H,16-17H2,1H3. The van der Waals surface area contributed by atoms with Gasteiger partial charge in [0.25, 0.3) is 0 Å². The van der Waals surface area contributed by atoms with E-state index in [0.29, 0.717) is 0 Å². The number of nitrogens with zero attached hydrogens (tertiary/aromatic N) is 1. The molecule has 25 heavy (non-hydrogen) atoms. The van der Waals surface area contributed by atoms with Crippen molar-refractivity contribution in [1.82, 2.24) is 4.98 Å². The number of pyridine rings is 1. The highest BCUT2D eigenvalue weighted by Gasteiger charge is 2.07. The predicted octanol–water partition coefficient (Wildman–Crippen LogP) is 5.72. The number of hydrogen-bond donors (Lipinski definition) is 0. The maximum absolute atomic E-state index is 4.12. The van der Waals surface area contributed by atoms with Gasteiger partial charge in [-0.25, -0.2) is 0 Å². The molecular weight excluding hydrogens is 302 g/mol. The number of fused-ring (bicyclic) bond motifs is 1. The first-order valence-corrected chi connectivity index (χ1v) is 8.73. The van der Waals surface area contributed by atoms with Crippen LogP contribution in [0, 0.1) is 6.92 Å². The van der Waals surface area contributed by atoms with Crippen molar-refractivity contribution in [2.24, 2.45) is 0 Å². The molecule has 0 aliphatic heterocycles. The van der Waals surface area contributed by atoms with Crippen LogP contribution in [0.25, 0.3) is 10.8 Å². The Kier molecular flexibility index (Phi) is 4.30. The average molecular weight is 323 g/mol. The third-order valence-electron chi connectivity index (χ3n) is 4.76. The lowest BCUT2D eigenvalue weighted by Crippen LogP contribution is -1.95. The molecule has 0 spiro atoms. The molecule has 1 nitrogen and oxygen atoms in total. The van der Waals surface area contributed by atoms with Crippen LogP contribution in [0.1, 0.15) is 27.8 Å². The highest BCUT2D eigenvalue weighted by molar-refractivity contribution is 5.89. The van der Waals surface area contributed by atoms with E-state index < -0.39 is 0 Å². The second kappa shape index (κ2) is 6.90. The summed E-state index contributed by atoms with van der Waals surface area (Å²) < 4.78 is 0. The number of rotatable bonds is 4. The molecule has 3 aromatic carbocycles. The maximum atomic E-state index is 4.12. The normalized spacial score (nSPS) is 10.9. The smallest absolute Gasteiger partial charge is 0.0270 e. The zero-order chi connectivity index (χ0) is 17.1. The Morgan fingerprint density at radius 3 is 1.68 bits per heavy atom. The van der Waals surface area contributed by atoms with Gasteiger partial charge in [-0.15, -0.1) is 0 Å². The van der Waals surface area contributed by atoms with E-state index in [0.717, 1.165) is 12.8 Å². The molecule has 0 bridgehead atoms. The van der Waals surface area contributed by atoms with Gasteiger partial charge in [-0.05, 0) is 64.9 Å². The van der Waals surface area contributed by atoms with Gasteiger partial charge in [-0.1, -0.05) is 66.2 Å². The number of benzene rings is 3. The van der Waals surface area contributed by atoms with Crippen molar-refractivity contribution in [3.63, 3.8) is 0 Å². The third kappa shape index (κ3) is 3.46. The van der Waals surface area contributed by atoms with Crippen LogP contribution in [-0.2, 0) is 12.8 Å². The van der Waals surface area contributed by atoms with Gasteiger partial charge in [-0.3, -0.25) is 4.98 Å². The summed E-state index contributed by atoms with van der Waals surface area (Å²) in [6, 6.07) is 26.4. The zero-order valence-electron chi connectivity index (χ0n) is 14.4. The minimum Gasteiger partial charge on any atom is -0.265 e. The van der Waals surface area contributed by atoms with E-state index in [1.807, 2.05) is 12.4 Å². The summed E-state index contributed by atoms with van der Waals surface area (Å²) in [6.45, 7) is 2.13. The molecule has 0 fully saturated rings. The van der Waals surface area contributed by atoms with Gasteiger partial charge >= 0.3 is 0 Å². The molecule has 0 atom stereocenters. The van der Waals surface area contributed by atoms with Crippen molar-refractivity contribution < 1.29 is 0 Å². The molecule has 4 rings (SSSR count). The zero-order valence-corrected chi connectivity index (χ0v) is 14.4. The summed E-state index contributed by atoms with van der Waals surface area (Å²) in [5, 5.41) is 2.71. The summed E-state index contributed by atoms with van der Waals surface area (Å²) in [6.07, 6.45) is 5.64. The molecule has 122 valence electrons. The van der Waals surface area contributed by atoms with E-state index in [4.69, 9.17) is 0 Å². The lowest BCUT2D eigenvalue weighted by molar-refractivity contribution is 1.16. The molecule has 0 saturated carbocycles. The van der Waals surface area contributed by atoms with Gasteiger partial charge in [0, 0.05) is 12.4 Å². The van der Waals surface area contributed by atoms with Gasteiger partial charge in [0.15, 0.2) is 0 Å². The summed E-state index contributed by atoms with van der Waals surface area (Å²) in [4.78, 5) is 4.12.